The molecule has 1 aliphatic rings. The molecule has 0 spiro atoms. The van der Waals surface area contributed by atoms with Crippen LogP contribution in [-0.4, -0.2) is 11.1 Å². The van der Waals surface area contributed by atoms with Crippen LogP contribution in [0.3, 0.4) is 0 Å². The lowest BCUT2D eigenvalue weighted by Crippen LogP contribution is -2.32. The molecule has 1 aliphatic heterocycles. The Bertz CT molecular complexity index is 789. The third kappa shape index (κ3) is 2.91. The fourth-order valence-electron chi connectivity index (χ4n) is 3.19. The number of fused-ring (bicyclic) bond motifs is 1. The van der Waals surface area contributed by atoms with Gasteiger partial charge in [-0.05, 0) is 53.8 Å². The molecule has 3 nitrogen and oxygen atoms in total. The number of nitrogens with one attached hydrogen (secondary N) is 1. The third-order valence-corrected chi connectivity index (χ3v) is 4.61. The van der Waals surface area contributed by atoms with Gasteiger partial charge in [0, 0.05) is 16.3 Å². The molecule has 2 aromatic rings. The number of hydrogen-bond acceptors (Lipinski definition) is 2. The molecule has 120 valence electrons. The van der Waals surface area contributed by atoms with E-state index in [0.29, 0.717) is 17.0 Å². The third-order valence-electron chi connectivity index (χ3n) is 4.37. The van der Waals surface area contributed by atoms with Crippen molar-refractivity contribution in [1.82, 2.24) is 0 Å². The Morgan fingerprint density at radius 1 is 1.30 bits per heavy atom. The van der Waals surface area contributed by atoms with Crippen LogP contribution in [0, 0.1) is 5.82 Å². The molecular weight excluding hydrogens is 317 g/mol. The minimum Gasteiger partial charge on any atom is -0.478 e. The average Bonchev–Trinajstić information content (AvgIpc) is 2.48. The summed E-state index contributed by atoms with van der Waals surface area (Å²) in [5.74, 6) is -1.25. The quantitative estimate of drug-likeness (QED) is 0.812. The van der Waals surface area contributed by atoms with Crippen LogP contribution in [0.2, 0.25) is 5.02 Å². The molecule has 0 fully saturated rings. The van der Waals surface area contributed by atoms with Crippen molar-refractivity contribution in [3.63, 3.8) is 0 Å². The molecule has 0 aliphatic carbocycles. The number of carbonyl (C=O) groups is 1. The van der Waals surface area contributed by atoms with E-state index in [-0.39, 0.29) is 22.8 Å². The van der Waals surface area contributed by atoms with Gasteiger partial charge in [-0.3, -0.25) is 0 Å². The number of carboxylic acids is 1. The molecule has 0 amide bonds. The Balaban J connectivity index is 2.05. The number of carboxylic acid groups (broad SMARTS) is 1. The molecule has 2 N–H and O–H groups in total. The van der Waals surface area contributed by atoms with E-state index in [1.165, 1.54) is 12.1 Å². The summed E-state index contributed by atoms with van der Waals surface area (Å²) < 4.78 is 14.2. The Morgan fingerprint density at radius 3 is 2.74 bits per heavy atom. The van der Waals surface area contributed by atoms with Gasteiger partial charge < -0.3 is 10.4 Å². The van der Waals surface area contributed by atoms with E-state index in [4.69, 9.17) is 16.7 Å². The molecule has 23 heavy (non-hydrogen) atoms. The predicted molar refractivity (Wildman–Crippen MR) is 88.8 cm³/mol. The highest BCUT2D eigenvalue weighted by molar-refractivity contribution is 6.30. The summed E-state index contributed by atoms with van der Waals surface area (Å²) in [6.07, 6.45) is 0.639. The van der Waals surface area contributed by atoms with Crippen LogP contribution < -0.4 is 5.32 Å². The number of benzene rings is 2. The Kier molecular flexibility index (Phi) is 3.80. The zero-order valence-corrected chi connectivity index (χ0v) is 13.6. The molecule has 1 heterocycles. The van der Waals surface area contributed by atoms with Crippen LogP contribution in [0.25, 0.3) is 0 Å². The van der Waals surface area contributed by atoms with Crippen molar-refractivity contribution in [1.29, 1.82) is 0 Å². The van der Waals surface area contributed by atoms with E-state index < -0.39 is 5.97 Å². The molecule has 0 saturated heterocycles. The maximum Gasteiger partial charge on any atom is 0.335 e. The van der Waals surface area contributed by atoms with Crippen molar-refractivity contribution >= 4 is 23.3 Å². The van der Waals surface area contributed by atoms with Crippen LogP contribution in [0.5, 0.6) is 0 Å². The van der Waals surface area contributed by atoms with Crippen molar-refractivity contribution in [2.75, 3.05) is 5.32 Å². The van der Waals surface area contributed by atoms with E-state index in [1.54, 1.807) is 24.3 Å². The van der Waals surface area contributed by atoms with Crippen LogP contribution in [0.4, 0.5) is 10.1 Å². The van der Waals surface area contributed by atoms with Crippen LogP contribution in [0.1, 0.15) is 47.8 Å². The lowest BCUT2D eigenvalue weighted by molar-refractivity contribution is 0.0696. The number of halogens is 2. The Hall–Kier alpha value is -2.07. The summed E-state index contributed by atoms with van der Waals surface area (Å²) in [5, 5.41) is 13.0. The summed E-state index contributed by atoms with van der Waals surface area (Å²) in [7, 11) is 0. The predicted octanol–water partition coefficient (Wildman–Crippen LogP) is 5.01. The smallest absolute Gasteiger partial charge is 0.335 e. The summed E-state index contributed by atoms with van der Waals surface area (Å²) in [6.45, 7) is 4.07. The molecule has 1 atom stereocenters. The summed E-state index contributed by atoms with van der Waals surface area (Å²) in [6, 6.07) is 9.32. The first-order valence-electron chi connectivity index (χ1n) is 7.37. The second-order valence-corrected chi connectivity index (χ2v) is 6.95. The minimum absolute atomic E-state index is 0.216. The fourth-order valence-corrected chi connectivity index (χ4v) is 3.37. The van der Waals surface area contributed by atoms with Gasteiger partial charge >= 0.3 is 5.97 Å². The van der Waals surface area contributed by atoms with Gasteiger partial charge in [0.15, 0.2) is 0 Å². The first-order chi connectivity index (χ1) is 10.8. The Morgan fingerprint density at radius 2 is 2.04 bits per heavy atom. The SMILES string of the molecule is CC1(C)CC(c2cc(Cl)ccc2F)Nc2ccc(C(=O)O)cc21. The molecule has 5 heteroatoms. The summed E-state index contributed by atoms with van der Waals surface area (Å²) in [5.41, 5.74) is 2.25. The van der Waals surface area contributed by atoms with Crippen molar-refractivity contribution in [2.45, 2.75) is 31.7 Å². The van der Waals surface area contributed by atoms with Crippen LogP contribution in [-0.2, 0) is 5.41 Å². The van der Waals surface area contributed by atoms with E-state index in [9.17, 15) is 9.18 Å². The van der Waals surface area contributed by atoms with Gasteiger partial charge in [0.2, 0.25) is 0 Å². The zero-order valence-electron chi connectivity index (χ0n) is 12.9. The van der Waals surface area contributed by atoms with Crippen molar-refractivity contribution in [3.05, 3.63) is 63.9 Å². The second kappa shape index (κ2) is 5.53. The molecule has 0 bridgehead atoms. The van der Waals surface area contributed by atoms with Crippen molar-refractivity contribution in [3.8, 4) is 0 Å². The molecule has 0 aromatic heterocycles. The van der Waals surface area contributed by atoms with Gasteiger partial charge in [-0.2, -0.15) is 0 Å². The second-order valence-electron chi connectivity index (χ2n) is 6.52. The van der Waals surface area contributed by atoms with Crippen molar-refractivity contribution in [2.24, 2.45) is 0 Å². The van der Waals surface area contributed by atoms with Crippen molar-refractivity contribution < 1.29 is 14.3 Å². The molecule has 1 unspecified atom stereocenters. The minimum atomic E-state index is -0.952. The van der Waals surface area contributed by atoms with E-state index in [2.05, 4.69) is 5.32 Å². The van der Waals surface area contributed by atoms with Gasteiger partial charge in [0.1, 0.15) is 5.82 Å². The number of aromatic carboxylic acids is 1. The zero-order chi connectivity index (χ0) is 16.8. The lowest BCUT2D eigenvalue weighted by atomic mass is 9.73. The van der Waals surface area contributed by atoms with Crippen LogP contribution in [0.15, 0.2) is 36.4 Å². The van der Waals surface area contributed by atoms with E-state index in [1.807, 2.05) is 13.8 Å². The van der Waals surface area contributed by atoms with Gasteiger partial charge in [-0.25, -0.2) is 9.18 Å². The highest BCUT2D eigenvalue weighted by atomic mass is 35.5. The monoisotopic (exact) mass is 333 g/mol. The maximum atomic E-state index is 14.2. The maximum absolute atomic E-state index is 14.2. The number of hydrogen-bond donors (Lipinski definition) is 2. The standard InChI is InChI=1S/C18H17ClFNO2/c1-18(2)9-16(12-8-11(19)4-5-14(12)20)21-15-6-3-10(17(22)23)7-13(15)18/h3-8,16,21H,9H2,1-2H3,(H,22,23). The molecular formula is C18H17ClFNO2. The van der Waals surface area contributed by atoms with E-state index >= 15 is 0 Å². The number of anilines is 1. The molecule has 2 aromatic carbocycles. The molecule has 3 rings (SSSR count). The first kappa shape index (κ1) is 15.8. The normalized spacial score (nSPS) is 18.9. The molecule has 0 radical (unpaired) electrons. The number of rotatable bonds is 2. The highest BCUT2D eigenvalue weighted by Gasteiger charge is 2.35. The lowest BCUT2D eigenvalue weighted by Gasteiger charge is -2.39. The van der Waals surface area contributed by atoms with Gasteiger partial charge in [-0.1, -0.05) is 25.4 Å². The topological polar surface area (TPSA) is 49.3 Å². The summed E-state index contributed by atoms with van der Waals surface area (Å²) in [4.78, 5) is 11.2. The van der Waals surface area contributed by atoms with Crippen LogP contribution >= 0.6 is 11.6 Å². The fraction of sp³-hybridized carbons (Fsp3) is 0.278. The van der Waals surface area contributed by atoms with E-state index in [0.717, 1.165) is 11.3 Å². The summed E-state index contributed by atoms with van der Waals surface area (Å²) >= 11 is 6.00. The largest absolute Gasteiger partial charge is 0.478 e. The van der Waals surface area contributed by atoms with Gasteiger partial charge in [-0.15, -0.1) is 0 Å². The van der Waals surface area contributed by atoms with Gasteiger partial charge in [0.25, 0.3) is 0 Å². The average molecular weight is 334 g/mol. The first-order valence-corrected chi connectivity index (χ1v) is 7.75. The molecule has 0 saturated carbocycles. The Labute approximate surface area is 139 Å². The van der Waals surface area contributed by atoms with Gasteiger partial charge in [0.05, 0.1) is 11.6 Å². The highest BCUT2D eigenvalue weighted by Crippen LogP contribution is 2.45.